The van der Waals surface area contributed by atoms with Crippen molar-refractivity contribution in [2.75, 3.05) is 18.0 Å². The van der Waals surface area contributed by atoms with Gasteiger partial charge in [0.15, 0.2) is 5.65 Å². The molecule has 94 valence electrons. The number of carboxylic acids is 1. The minimum absolute atomic E-state index is 0.0517. The van der Waals surface area contributed by atoms with Gasteiger partial charge in [0.2, 0.25) is 0 Å². The number of rotatable bonds is 2. The third kappa shape index (κ3) is 1.57. The van der Waals surface area contributed by atoms with Gasteiger partial charge in [0.25, 0.3) is 5.92 Å². The van der Waals surface area contributed by atoms with Gasteiger partial charge in [-0.1, -0.05) is 0 Å². The number of carboxylic acid groups (broad SMARTS) is 1. The van der Waals surface area contributed by atoms with E-state index in [9.17, 15) is 13.6 Å². The third-order valence-corrected chi connectivity index (χ3v) is 2.75. The molecular formula is C10H8F2N4O2. The van der Waals surface area contributed by atoms with E-state index in [0.717, 1.165) is 0 Å². The summed E-state index contributed by atoms with van der Waals surface area (Å²) in [6.07, 6.45) is 2.68. The standard InChI is InChI=1S/C10H8F2N4O2/c11-10(12)4-15(5-10)7-1-2-16-8(14-7)6(3-13-16)9(17)18/h1-3H,4-5H2,(H,17,18). The lowest BCUT2D eigenvalue weighted by molar-refractivity contribution is -0.0267. The second-order valence-corrected chi connectivity index (χ2v) is 4.13. The molecule has 3 heterocycles. The Balaban J connectivity index is 2.00. The quantitative estimate of drug-likeness (QED) is 0.861. The summed E-state index contributed by atoms with van der Waals surface area (Å²) in [4.78, 5) is 16.4. The Hall–Kier alpha value is -2.25. The van der Waals surface area contributed by atoms with Gasteiger partial charge >= 0.3 is 5.97 Å². The first kappa shape index (κ1) is 10.9. The van der Waals surface area contributed by atoms with Crippen LogP contribution in [0, 0.1) is 0 Å². The van der Waals surface area contributed by atoms with Crippen molar-refractivity contribution in [1.82, 2.24) is 14.6 Å². The highest BCUT2D eigenvalue weighted by atomic mass is 19.3. The molecule has 8 heteroatoms. The van der Waals surface area contributed by atoms with Gasteiger partial charge in [-0.25, -0.2) is 23.1 Å². The molecule has 1 N–H and O–H groups in total. The highest BCUT2D eigenvalue weighted by molar-refractivity contribution is 5.94. The van der Waals surface area contributed by atoms with Gasteiger partial charge in [0.1, 0.15) is 11.4 Å². The van der Waals surface area contributed by atoms with Crippen LogP contribution in [-0.4, -0.2) is 44.7 Å². The molecular weight excluding hydrogens is 246 g/mol. The van der Waals surface area contributed by atoms with Crippen molar-refractivity contribution in [3.05, 3.63) is 24.0 Å². The first-order valence-corrected chi connectivity index (χ1v) is 5.17. The van der Waals surface area contributed by atoms with Crippen molar-refractivity contribution in [1.29, 1.82) is 0 Å². The molecule has 0 amide bonds. The normalized spacial score (nSPS) is 17.8. The van der Waals surface area contributed by atoms with Crippen LogP contribution >= 0.6 is 0 Å². The Morgan fingerprint density at radius 2 is 2.17 bits per heavy atom. The van der Waals surface area contributed by atoms with Crippen LogP contribution in [0.1, 0.15) is 10.4 Å². The van der Waals surface area contributed by atoms with E-state index in [0.29, 0.717) is 5.82 Å². The van der Waals surface area contributed by atoms with Gasteiger partial charge in [-0.3, -0.25) is 0 Å². The lowest BCUT2D eigenvalue weighted by Gasteiger charge is -2.39. The predicted octanol–water partition coefficient (Wildman–Crippen LogP) is 0.883. The summed E-state index contributed by atoms with van der Waals surface area (Å²) in [5.74, 6) is -3.51. The van der Waals surface area contributed by atoms with Gasteiger partial charge in [-0.15, -0.1) is 0 Å². The molecule has 3 rings (SSSR count). The number of aromatic nitrogens is 3. The van der Waals surface area contributed by atoms with Crippen molar-refractivity contribution in [3.63, 3.8) is 0 Å². The number of fused-ring (bicyclic) bond motifs is 1. The maximum absolute atomic E-state index is 12.8. The van der Waals surface area contributed by atoms with E-state index >= 15 is 0 Å². The molecule has 0 bridgehead atoms. The van der Waals surface area contributed by atoms with Crippen LogP contribution in [-0.2, 0) is 0 Å². The number of nitrogens with zero attached hydrogens (tertiary/aromatic N) is 4. The van der Waals surface area contributed by atoms with E-state index in [1.165, 1.54) is 27.9 Å². The molecule has 1 fully saturated rings. The molecule has 0 spiro atoms. The number of carbonyl (C=O) groups is 1. The van der Waals surface area contributed by atoms with Crippen LogP contribution in [0.15, 0.2) is 18.5 Å². The van der Waals surface area contributed by atoms with Crippen LogP contribution in [0.3, 0.4) is 0 Å². The summed E-state index contributed by atoms with van der Waals surface area (Å²) in [5.41, 5.74) is 0.0966. The van der Waals surface area contributed by atoms with Gasteiger partial charge in [0.05, 0.1) is 19.3 Å². The highest BCUT2D eigenvalue weighted by Crippen LogP contribution is 2.30. The maximum atomic E-state index is 12.8. The molecule has 2 aromatic rings. The predicted molar refractivity (Wildman–Crippen MR) is 57.1 cm³/mol. The second kappa shape index (κ2) is 3.37. The number of alkyl halides is 2. The monoisotopic (exact) mass is 254 g/mol. The minimum atomic E-state index is -2.69. The molecule has 0 saturated carbocycles. The molecule has 0 radical (unpaired) electrons. The van der Waals surface area contributed by atoms with Crippen molar-refractivity contribution < 1.29 is 18.7 Å². The zero-order valence-electron chi connectivity index (χ0n) is 9.05. The molecule has 0 unspecified atom stereocenters. The second-order valence-electron chi connectivity index (χ2n) is 4.13. The summed E-state index contributed by atoms with van der Waals surface area (Å²) in [6.45, 7) is -0.792. The van der Waals surface area contributed by atoms with E-state index < -0.39 is 25.0 Å². The largest absolute Gasteiger partial charge is 0.477 e. The highest BCUT2D eigenvalue weighted by Gasteiger charge is 2.44. The van der Waals surface area contributed by atoms with Gasteiger partial charge in [-0.05, 0) is 6.07 Å². The molecule has 0 atom stereocenters. The molecule has 0 aliphatic carbocycles. The molecule has 18 heavy (non-hydrogen) atoms. The number of halogens is 2. The molecule has 0 aromatic carbocycles. The fourth-order valence-electron chi connectivity index (χ4n) is 1.86. The first-order valence-electron chi connectivity index (χ1n) is 5.17. The van der Waals surface area contributed by atoms with Crippen molar-refractivity contribution in [2.24, 2.45) is 0 Å². The third-order valence-electron chi connectivity index (χ3n) is 2.75. The average molecular weight is 254 g/mol. The van der Waals surface area contributed by atoms with Crippen LogP contribution in [0.25, 0.3) is 5.65 Å². The number of hydrogen-bond acceptors (Lipinski definition) is 4. The van der Waals surface area contributed by atoms with Crippen LogP contribution in [0.2, 0.25) is 0 Å². The summed E-state index contributed by atoms with van der Waals surface area (Å²) in [5, 5.41) is 12.7. The van der Waals surface area contributed by atoms with Gasteiger partial charge in [0, 0.05) is 6.20 Å². The molecule has 1 aliphatic heterocycles. The van der Waals surface area contributed by atoms with Gasteiger partial charge < -0.3 is 10.0 Å². The topological polar surface area (TPSA) is 70.7 Å². The Morgan fingerprint density at radius 1 is 1.44 bits per heavy atom. The zero-order chi connectivity index (χ0) is 12.9. The average Bonchev–Trinajstić information content (AvgIpc) is 2.68. The van der Waals surface area contributed by atoms with Gasteiger partial charge in [-0.2, -0.15) is 5.10 Å². The summed E-state index contributed by atoms with van der Waals surface area (Å²) in [7, 11) is 0. The minimum Gasteiger partial charge on any atom is -0.477 e. The summed E-state index contributed by atoms with van der Waals surface area (Å²) in [6, 6.07) is 1.53. The Bertz CT molecular complexity index is 632. The zero-order valence-corrected chi connectivity index (χ0v) is 9.05. The van der Waals surface area contributed by atoms with Crippen molar-refractivity contribution in [3.8, 4) is 0 Å². The van der Waals surface area contributed by atoms with E-state index in [4.69, 9.17) is 5.11 Å². The number of aromatic carboxylic acids is 1. The van der Waals surface area contributed by atoms with Crippen LogP contribution < -0.4 is 4.90 Å². The maximum Gasteiger partial charge on any atom is 0.341 e. The molecule has 1 saturated heterocycles. The number of anilines is 1. The van der Waals surface area contributed by atoms with Crippen molar-refractivity contribution >= 4 is 17.4 Å². The Morgan fingerprint density at radius 3 is 2.78 bits per heavy atom. The summed E-state index contributed by atoms with van der Waals surface area (Å²) < 4.78 is 26.8. The fourth-order valence-corrected chi connectivity index (χ4v) is 1.86. The summed E-state index contributed by atoms with van der Waals surface area (Å²) >= 11 is 0. The van der Waals surface area contributed by atoms with E-state index in [1.807, 2.05) is 0 Å². The van der Waals surface area contributed by atoms with E-state index in [2.05, 4.69) is 10.1 Å². The smallest absolute Gasteiger partial charge is 0.341 e. The van der Waals surface area contributed by atoms with Crippen molar-refractivity contribution in [2.45, 2.75) is 5.92 Å². The lowest BCUT2D eigenvalue weighted by atomic mass is 10.1. The molecule has 1 aliphatic rings. The molecule has 2 aromatic heterocycles. The van der Waals surface area contributed by atoms with E-state index in [1.54, 1.807) is 0 Å². The first-order chi connectivity index (χ1) is 8.46. The molecule has 6 nitrogen and oxygen atoms in total. The Labute approximate surface area is 99.5 Å². The SMILES string of the molecule is O=C(O)c1cnn2ccc(N3CC(F)(F)C3)nc12. The van der Waals surface area contributed by atoms with Crippen LogP contribution in [0.5, 0.6) is 0 Å². The fraction of sp³-hybridized carbons (Fsp3) is 0.300. The number of hydrogen-bond donors (Lipinski definition) is 1. The lowest BCUT2D eigenvalue weighted by Crippen LogP contribution is -2.56. The van der Waals surface area contributed by atoms with Crippen LogP contribution in [0.4, 0.5) is 14.6 Å². The van der Waals surface area contributed by atoms with E-state index in [-0.39, 0.29) is 11.2 Å². The Kier molecular flexibility index (Phi) is 2.04.